The third kappa shape index (κ3) is 3.25. The number of benzene rings is 1. The average Bonchev–Trinajstić information content (AvgIpc) is 2.78. The molecule has 0 aliphatic carbocycles. The smallest absolute Gasteiger partial charge is 0.260 e. The Morgan fingerprint density at radius 3 is 2.43 bits per heavy atom. The Hall–Kier alpha value is -1.86. The van der Waals surface area contributed by atoms with Gasteiger partial charge < -0.3 is 10.3 Å². The Labute approximate surface area is 125 Å². The van der Waals surface area contributed by atoms with E-state index in [-0.39, 0.29) is 16.9 Å². The molecule has 0 radical (unpaired) electrons. The zero-order valence-corrected chi connectivity index (χ0v) is 13.2. The van der Waals surface area contributed by atoms with Crippen molar-refractivity contribution in [3.05, 3.63) is 41.7 Å². The number of nitrogen functional groups attached to an aromatic ring is 1. The van der Waals surface area contributed by atoms with E-state index < -0.39 is 10.0 Å². The van der Waals surface area contributed by atoms with Gasteiger partial charge in [0.1, 0.15) is 0 Å². The third-order valence-corrected chi connectivity index (χ3v) is 5.05. The molecule has 0 saturated heterocycles. The second-order valence-electron chi connectivity index (χ2n) is 4.98. The predicted molar refractivity (Wildman–Crippen MR) is 82.2 cm³/mol. The summed E-state index contributed by atoms with van der Waals surface area (Å²) in [6.45, 7) is 3.87. The highest BCUT2D eigenvalue weighted by Gasteiger charge is 2.24. The van der Waals surface area contributed by atoms with Gasteiger partial charge in [0.2, 0.25) is 0 Å². The minimum atomic E-state index is -3.72. The lowest BCUT2D eigenvalue weighted by molar-refractivity contribution is 0.558. The molecule has 114 valence electrons. The molecule has 6 nitrogen and oxygen atoms in total. The molecule has 0 amide bonds. The third-order valence-electron chi connectivity index (χ3n) is 3.38. The van der Waals surface area contributed by atoms with Gasteiger partial charge in [-0.2, -0.15) is 0 Å². The number of imidazole rings is 1. The first-order valence-corrected chi connectivity index (χ1v) is 8.21. The average molecular weight is 308 g/mol. The molecule has 1 aromatic heterocycles. The fourth-order valence-electron chi connectivity index (χ4n) is 2.16. The van der Waals surface area contributed by atoms with Crippen molar-refractivity contribution in [2.45, 2.75) is 31.3 Å². The summed E-state index contributed by atoms with van der Waals surface area (Å²) in [5, 5.41) is -0.0143. The van der Waals surface area contributed by atoms with Crippen LogP contribution in [0.25, 0.3) is 0 Å². The predicted octanol–water partition coefficient (Wildman–Crippen LogP) is 1.60. The molecule has 3 N–H and O–H groups in total. The lowest BCUT2D eigenvalue weighted by atomic mass is 10.1. The number of sulfonamides is 1. The van der Waals surface area contributed by atoms with Crippen molar-refractivity contribution < 1.29 is 8.42 Å². The summed E-state index contributed by atoms with van der Waals surface area (Å²) in [7, 11) is -2.12. The first-order chi connectivity index (χ1) is 9.85. The maximum Gasteiger partial charge on any atom is 0.260 e. The molecular formula is C14H20N4O2S. The first-order valence-electron chi connectivity index (χ1n) is 6.73. The van der Waals surface area contributed by atoms with Gasteiger partial charge in [0.25, 0.3) is 10.0 Å². The van der Waals surface area contributed by atoms with Gasteiger partial charge in [-0.25, -0.2) is 18.1 Å². The Morgan fingerprint density at radius 1 is 1.33 bits per heavy atom. The molecule has 1 aromatic carbocycles. The van der Waals surface area contributed by atoms with E-state index in [9.17, 15) is 8.42 Å². The normalized spacial score (nSPS) is 13.3. The van der Waals surface area contributed by atoms with Gasteiger partial charge in [-0.05, 0) is 24.5 Å². The molecule has 0 aliphatic rings. The van der Waals surface area contributed by atoms with Crippen LogP contribution in [0.3, 0.4) is 0 Å². The monoisotopic (exact) mass is 308 g/mol. The molecule has 1 atom stereocenters. The van der Waals surface area contributed by atoms with E-state index >= 15 is 0 Å². The summed E-state index contributed by atoms with van der Waals surface area (Å²) >= 11 is 0. The molecule has 0 spiro atoms. The fraction of sp³-hybridized carbons (Fsp3) is 0.357. The zero-order valence-electron chi connectivity index (χ0n) is 12.4. The molecular weight excluding hydrogens is 288 g/mol. The minimum absolute atomic E-state index is 0.00136. The van der Waals surface area contributed by atoms with Gasteiger partial charge in [0, 0.05) is 13.1 Å². The van der Waals surface area contributed by atoms with Crippen molar-refractivity contribution in [1.82, 2.24) is 14.3 Å². The van der Waals surface area contributed by atoms with Crippen LogP contribution in [0.4, 0.5) is 5.82 Å². The molecule has 21 heavy (non-hydrogen) atoms. The molecule has 0 aliphatic heterocycles. The van der Waals surface area contributed by atoms with Gasteiger partial charge in [-0.15, -0.1) is 0 Å². The van der Waals surface area contributed by atoms with E-state index in [0.29, 0.717) is 0 Å². The highest BCUT2D eigenvalue weighted by atomic mass is 32.2. The maximum absolute atomic E-state index is 12.4. The Bertz CT molecular complexity index is 700. The van der Waals surface area contributed by atoms with Gasteiger partial charge in [-0.1, -0.05) is 31.2 Å². The molecule has 0 fully saturated rings. The molecule has 0 saturated carbocycles. The topological polar surface area (TPSA) is 90.0 Å². The van der Waals surface area contributed by atoms with Crippen molar-refractivity contribution in [1.29, 1.82) is 0 Å². The number of hydrogen-bond donors (Lipinski definition) is 2. The number of nitrogens with two attached hydrogens (primary N) is 1. The van der Waals surface area contributed by atoms with E-state index in [1.54, 1.807) is 14.0 Å². The number of nitrogens with zero attached hydrogens (tertiary/aromatic N) is 2. The van der Waals surface area contributed by atoms with Crippen molar-refractivity contribution in [2.75, 3.05) is 5.73 Å². The van der Waals surface area contributed by atoms with Gasteiger partial charge in [0.05, 0.1) is 6.33 Å². The van der Waals surface area contributed by atoms with Crippen LogP contribution in [0.5, 0.6) is 0 Å². The van der Waals surface area contributed by atoms with E-state index in [0.717, 1.165) is 12.0 Å². The zero-order chi connectivity index (χ0) is 15.6. The number of aryl methyl sites for hydroxylation is 2. The minimum Gasteiger partial charge on any atom is -0.381 e. The largest absolute Gasteiger partial charge is 0.381 e. The Kier molecular flexibility index (Phi) is 4.34. The molecule has 7 heteroatoms. The second-order valence-corrected chi connectivity index (χ2v) is 6.61. The summed E-state index contributed by atoms with van der Waals surface area (Å²) in [5.41, 5.74) is 7.74. The van der Waals surface area contributed by atoms with Crippen LogP contribution in [-0.4, -0.2) is 18.0 Å². The summed E-state index contributed by atoms with van der Waals surface area (Å²) in [6, 6.07) is 7.50. The quantitative estimate of drug-likeness (QED) is 0.878. The van der Waals surface area contributed by atoms with E-state index in [4.69, 9.17) is 5.73 Å². The number of nitrogens with one attached hydrogen (secondary N) is 1. The van der Waals surface area contributed by atoms with E-state index in [1.165, 1.54) is 16.5 Å². The van der Waals surface area contributed by atoms with Crippen molar-refractivity contribution >= 4 is 15.8 Å². The van der Waals surface area contributed by atoms with E-state index in [1.807, 2.05) is 24.3 Å². The SMILES string of the molecule is CCc1ccc(C(C)NS(=O)(=O)c2c(N)ncn2C)cc1. The van der Waals surface area contributed by atoms with Gasteiger partial charge in [0.15, 0.2) is 10.8 Å². The van der Waals surface area contributed by atoms with Crippen molar-refractivity contribution in [2.24, 2.45) is 7.05 Å². The lowest BCUT2D eigenvalue weighted by Gasteiger charge is -2.15. The fourth-order valence-corrected chi connectivity index (χ4v) is 3.63. The van der Waals surface area contributed by atoms with Crippen molar-refractivity contribution in [3.8, 4) is 0 Å². The number of rotatable bonds is 5. The standard InChI is InChI=1S/C14H20N4O2S/c1-4-11-5-7-12(8-6-11)10(2)17-21(19,20)14-13(15)16-9-18(14)3/h5-10,17H,4,15H2,1-3H3. The number of anilines is 1. The maximum atomic E-state index is 12.4. The van der Waals surface area contributed by atoms with Crippen LogP contribution in [0.15, 0.2) is 35.6 Å². The molecule has 1 heterocycles. The number of aromatic nitrogens is 2. The van der Waals surface area contributed by atoms with Crippen LogP contribution >= 0.6 is 0 Å². The second kappa shape index (κ2) is 5.87. The van der Waals surface area contributed by atoms with Crippen molar-refractivity contribution in [3.63, 3.8) is 0 Å². The van der Waals surface area contributed by atoms with Gasteiger partial charge >= 0.3 is 0 Å². The highest BCUT2D eigenvalue weighted by molar-refractivity contribution is 7.89. The molecule has 2 aromatic rings. The summed E-state index contributed by atoms with van der Waals surface area (Å²) in [5.74, 6) is -0.00136. The summed E-state index contributed by atoms with van der Waals surface area (Å²) in [6.07, 6.45) is 2.33. The first kappa shape index (κ1) is 15.5. The van der Waals surface area contributed by atoms with Crippen LogP contribution < -0.4 is 10.5 Å². The number of hydrogen-bond acceptors (Lipinski definition) is 4. The molecule has 2 rings (SSSR count). The van der Waals surface area contributed by atoms with Gasteiger partial charge in [-0.3, -0.25) is 0 Å². The summed E-state index contributed by atoms with van der Waals surface area (Å²) in [4.78, 5) is 3.81. The Balaban J connectivity index is 2.23. The lowest BCUT2D eigenvalue weighted by Crippen LogP contribution is -2.29. The Morgan fingerprint density at radius 2 is 1.95 bits per heavy atom. The van der Waals surface area contributed by atoms with Crippen LogP contribution in [0, 0.1) is 0 Å². The van der Waals surface area contributed by atoms with Crippen LogP contribution in [0.1, 0.15) is 31.0 Å². The van der Waals surface area contributed by atoms with Crippen LogP contribution in [0.2, 0.25) is 0 Å². The molecule has 0 bridgehead atoms. The molecule has 1 unspecified atom stereocenters. The van der Waals surface area contributed by atoms with Crippen LogP contribution in [-0.2, 0) is 23.5 Å². The summed E-state index contributed by atoms with van der Waals surface area (Å²) < 4.78 is 28.8. The highest BCUT2D eigenvalue weighted by Crippen LogP contribution is 2.20. The van der Waals surface area contributed by atoms with E-state index in [2.05, 4.69) is 16.6 Å².